The largest absolute Gasteiger partial charge is 0.497 e. The van der Waals surface area contributed by atoms with E-state index in [9.17, 15) is 9.90 Å². The van der Waals surface area contributed by atoms with E-state index in [0.29, 0.717) is 34.5 Å². The van der Waals surface area contributed by atoms with Gasteiger partial charge in [0.2, 0.25) is 11.8 Å². The molecule has 0 saturated heterocycles. The van der Waals surface area contributed by atoms with Gasteiger partial charge >= 0.3 is 0 Å². The lowest BCUT2D eigenvalue weighted by molar-refractivity contribution is -0.618. The Morgan fingerprint density at radius 1 is 1.22 bits per heavy atom. The highest BCUT2D eigenvalue weighted by atomic mass is 16.5. The van der Waals surface area contributed by atoms with Crippen molar-refractivity contribution in [1.29, 1.82) is 0 Å². The number of hydrogen-bond donors (Lipinski definition) is 4. The monoisotopic (exact) mass is 444 g/mol. The van der Waals surface area contributed by atoms with Crippen LogP contribution in [0.5, 0.6) is 11.5 Å². The van der Waals surface area contributed by atoms with E-state index in [-0.39, 0.29) is 18.1 Å². The van der Waals surface area contributed by atoms with Crippen molar-refractivity contribution < 1.29 is 24.7 Å². The number of anilines is 2. The number of amides is 1. The van der Waals surface area contributed by atoms with E-state index in [1.165, 1.54) is 0 Å². The van der Waals surface area contributed by atoms with E-state index in [2.05, 4.69) is 27.5 Å². The average molecular weight is 445 g/mol. The maximum atomic E-state index is 13.2. The molecule has 0 aliphatic heterocycles. The second-order valence-electron chi connectivity index (χ2n) is 8.03. The fourth-order valence-electron chi connectivity index (χ4n) is 3.75. The molecule has 0 atom stereocenters. The zero-order valence-corrected chi connectivity index (χ0v) is 19.1. The zero-order chi connectivity index (χ0) is 22.9. The van der Waals surface area contributed by atoms with Crippen LogP contribution in [0.4, 0.5) is 17.5 Å². The first-order valence-corrected chi connectivity index (χ1v) is 11.2. The minimum atomic E-state index is -0.321. The molecular weight excluding hydrogens is 410 g/mol. The lowest BCUT2D eigenvalue weighted by atomic mass is 9.93. The maximum absolute atomic E-state index is 13.2. The first kappa shape index (κ1) is 23.7. The second-order valence-corrected chi connectivity index (χ2v) is 8.03. The van der Waals surface area contributed by atoms with E-state index >= 15 is 0 Å². The molecule has 0 unspecified atom stereocenters. The Hall–Kier alpha value is -2.91. The molecule has 1 aliphatic carbocycles. The molecule has 1 amide bonds. The van der Waals surface area contributed by atoms with Crippen LogP contribution >= 0.6 is 0 Å². The number of rotatable bonds is 10. The summed E-state index contributed by atoms with van der Waals surface area (Å²) in [6.45, 7) is 2.90. The van der Waals surface area contributed by atoms with E-state index in [1.807, 2.05) is 5.32 Å². The quantitative estimate of drug-likeness (QED) is 0.415. The molecule has 9 heteroatoms. The normalized spacial score (nSPS) is 18.1. The molecule has 0 radical (unpaired) electrons. The molecule has 9 nitrogen and oxygen atoms in total. The summed E-state index contributed by atoms with van der Waals surface area (Å²) in [6.07, 6.45) is 6.67. The van der Waals surface area contributed by atoms with Crippen molar-refractivity contribution in [3.05, 3.63) is 30.0 Å². The van der Waals surface area contributed by atoms with Gasteiger partial charge in [0.1, 0.15) is 17.1 Å². The third-order valence-electron chi connectivity index (χ3n) is 5.67. The number of nitrogens with zero attached hydrogens (tertiary/aromatic N) is 2. The first-order chi connectivity index (χ1) is 15.5. The van der Waals surface area contributed by atoms with Crippen molar-refractivity contribution in [3.8, 4) is 11.5 Å². The molecule has 1 aliphatic rings. The van der Waals surface area contributed by atoms with Crippen LogP contribution in [0.2, 0.25) is 0 Å². The number of carbonyl (C=O) groups excluding carboxylic acids is 1. The van der Waals surface area contributed by atoms with Gasteiger partial charge in [-0.3, -0.25) is 10.1 Å². The van der Waals surface area contributed by atoms with Crippen LogP contribution in [0, 0.1) is 0 Å². The molecule has 0 bridgehead atoms. The number of carbonyl (C=O) groups is 1. The standard InChI is InChI=1S/C23H33N5O4/c1-4-5-12-24-23-25-14-18(21(28-23)26-15-6-8-16(29)9-7-15)22(30)27-19-13-17(31-2)10-11-20(19)32-3/h10-11,13-16,29H,4-9,12H2,1-3H3,(H,27,30)(H2,24,25,26,28)/p+1. The van der Waals surface area contributed by atoms with Gasteiger partial charge in [0.05, 0.1) is 38.2 Å². The lowest BCUT2D eigenvalue weighted by Crippen LogP contribution is -2.86. The molecular formula is C23H34N5O4+. The molecule has 1 fully saturated rings. The summed E-state index contributed by atoms with van der Waals surface area (Å²) in [5.74, 6) is 1.93. The molecule has 174 valence electrons. The number of methoxy groups -OCH3 is 2. The predicted octanol–water partition coefficient (Wildman–Crippen LogP) is 2.46. The molecule has 1 aromatic heterocycles. The van der Waals surface area contributed by atoms with Crippen LogP contribution in [0.15, 0.2) is 24.4 Å². The van der Waals surface area contributed by atoms with Crippen LogP contribution in [0.1, 0.15) is 55.8 Å². The first-order valence-electron chi connectivity index (χ1n) is 11.2. The van der Waals surface area contributed by atoms with Crippen molar-refractivity contribution in [2.75, 3.05) is 31.4 Å². The van der Waals surface area contributed by atoms with Gasteiger partial charge in [0.15, 0.2) is 0 Å². The number of unbranched alkanes of at least 4 members (excludes halogenated alkanes) is 1. The Labute approximate surface area is 188 Å². The predicted molar refractivity (Wildman–Crippen MR) is 123 cm³/mol. The highest BCUT2D eigenvalue weighted by molar-refractivity contribution is 6.07. The number of benzene rings is 1. The SMILES string of the molecule is CCCCNc1ncc(C(=O)Nc2cc(OC)ccc2OC)c([NH2+]C2CCC(O)CC2)n1. The molecule has 5 N–H and O–H groups in total. The van der Waals surface area contributed by atoms with Gasteiger partial charge in [-0.2, -0.15) is 4.98 Å². The molecule has 1 aromatic carbocycles. The van der Waals surface area contributed by atoms with Gasteiger partial charge < -0.3 is 25.2 Å². The fraction of sp³-hybridized carbons (Fsp3) is 0.522. The van der Waals surface area contributed by atoms with Crippen LogP contribution < -0.4 is 25.4 Å². The topological polar surface area (TPSA) is 122 Å². The molecule has 0 spiro atoms. The summed E-state index contributed by atoms with van der Waals surface area (Å²) < 4.78 is 10.6. The van der Waals surface area contributed by atoms with Crippen LogP contribution in [-0.2, 0) is 0 Å². The third kappa shape index (κ3) is 6.30. The summed E-state index contributed by atoms with van der Waals surface area (Å²) in [4.78, 5) is 22.2. The van der Waals surface area contributed by atoms with Gasteiger partial charge in [-0.15, -0.1) is 0 Å². The lowest BCUT2D eigenvalue weighted by Gasteiger charge is -2.23. The molecule has 1 heterocycles. The van der Waals surface area contributed by atoms with Crippen LogP contribution in [-0.4, -0.2) is 53.9 Å². The van der Waals surface area contributed by atoms with Crippen molar-refractivity contribution in [2.45, 2.75) is 57.6 Å². The number of aromatic nitrogens is 2. The summed E-state index contributed by atoms with van der Waals surface area (Å²) in [5.41, 5.74) is 0.899. The summed E-state index contributed by atoms with van der Waals surface area (Å²) in [5, 5.41) is 18.0. The van der Waals surface area contributed by atoms with E-state index in [1.54, 1.807) is 38.6 Å². The van der Waals surface area contributed by atoms with Crippen molar-refractivity contribution in [3.63, 3.8) is 0 Å². The fourth-order valence-corrected chi connectivity index (χ4v) is 3.75. The Balaban J connectivity index is 1.84. The highest BCUT2D eigenvalue weighted by Crippen LogP contribution is 2.29. The third-order valence-corrected chi connectivity index (χ3v) is 5.67. The van der Waals surface area contributed by atoms with E-state index in [4.69, 9.17) is 9.47 Å². The highest BCUT2D eigenvalue weighted by Gasteiger charge is 2.26. The molecule has 1 saturated carbocycles. The number of hydrogen-bond acceptors (Lipinski definition) is 7. The molecule has 3 rings (SSSR count). The van der Waals surface area contributed by atoms with Gasteiger partial charge in [0, 0.05) is 25.5 Å². The number of nitrogens with two attached hydrogens (primary N) is 1. The van der Waals surface area contributed by atoms with Gasteiger partial charge in [-0.25, -0.2) is 4.98 Å². The number of quaternary nitrogens is 1. The number of aliphatic hydroxyl groups excluding tert-OH is 1. The minimum absolute atomic E-state index is 0.236. The van der Waals surface area contributed by atoms with Crippen molar-refractivity contribution >= 4 is 23.4 Å². The smallest absolute Gasteiger partial charge is 0.265 e. The van der Waals surface area contributed by atoms with Gasteiger partial charge in [-0.05, 0) is 31.4 Å². The number of ether oxygens (including phenoxy) is 2. The Kier molecular flexibility index (Phi) is 8.64. The summed E-state index contributed by atoms with van der Waals surface area (Å²) in [7, 11) is 3.12. The number of nitrogens with one attached hydrogen (secondary N) is 2. The Bertz CT molecular complexity index is 900. The van der Waals surface area contributed by atoms with Gasteiger partial charge in [-0.1, -0.05) is 13.3 Å². The summed E-state index contributed by atoms with van der Waals surface area (Å²) in [6, 6.07) is 5.48. The van der Waals surface area contributed by atoms with E-state index < -0.39 is 0 Å². The Morgan fingerprint density at radius 3 is 2.69 bits per heavy atom. The van der Waals surface area contributed by atoms with Gasteiger partial charge in [0.25, 0.3) is 5.91 Å². The zero-order valence-electron chi connectivity index (χ0n) is 19.1. The summed E-state index contributed by atoms with van der Waals surface area (Å²) >= 11 is 0. The molecule has 32 heavy (non-hydrogen) atoms. The second kappa shape index (κ2) is 11.6. The average Bonchev–Trinajstić information content (AvgIpc) is 2.80. The van der Waals surface area contributed by atoms with Crippen LogP contribution in [0.25, 0.3) is 0 Å². The maximum Gasteiger partial charge on any atom is 0.265 e. The molecule has 2 aromatic rings. The Morgan fingerprint density at radius 2 is 2.00 bits per heavy atom. The van der Waals surface area contributed by atoms with Crippen molar-refractivity contribution in [1.82, 2.24) is 9.97 Å². The minimum Gasteiger partial charge on any atom is -0.497 e. The van der Waals surface area contributed by atoms with E-state index in [0.717, 1.165) is 45.1 Å². The number of aliphatic hydroxyl groups is 1. The van der Waals surface area contributed by atoms with Crippen LogP contribution in [0.3, 0.4) is 0 Å². The van der Waals surface area contributed by atoms with Crippen molar-refractivity contribution in [2.24, 2.45) is 0 Å².